The van der Waals surface area contributed by atoms with Gasteiger partial charge in [0, 0.05) is 27.9 Å². The second kappa shape index (κ2) is 5.66. The van der Waals surface area contributed by atoms with Crippen molar-refractivity contribution in [2.24, 2.45) is 0 Å². The molecule has 2 heterocycles. The minimum absolute atomic E-state index is 0.748. The number of anilines is 1. The molecule has 3 rings (SSSR count). The first-order chi connectivity index (χ1) is 10.1. The first-order valence-corrected chi connectivity index (χ1v) is 8.09. The number of aromatic nitrogens is 1. The summed E-state index contributed by atoms with van der Waals surface area (Å²) in [5.74, 6) is 0. The number of nitrogens with zero attached hydrogens (tertiary/aromatic N) is 1. The van der Waals surface area contributed by atoms with Gasteiger partial charge < -0.3 is 5.32 Å². The summed E-state index contributed by atoms with van der Waals surface area (Å²) < 4.78 is 0. The van der Waals surface area contributed by atoms with Gasteiger partial charge in [-0.05, 0) is 56.2 Å². The Labute approximate surface area is 133 Å². The third-order valence-electron chi connectivity index (χ3n) is 3.63. The van der Waals surface area contributed by atoms with Crippen molar-refractivity contribution in [1.29, 1.82) is 0 Å². The molecule has 4 heteroatoms. The number of fused-ring (bicyclic) bond motifs is 1. The van der Waals surface area contributed by atoms with E-state index in [1.165, 1.54) is 15.3 Å². The molecule has 0 radical (unpaired) electrons. The lowest BCUT2D eigenvalue weighted by molar-refractivity contribution is 1.14. The predicted molar refractivity (Wildman–Crippen MR) is 92.6 cm³/mol. The molecule has 0 aliphatic heterocycles. The first-order valence-electron chi connectivity index (χ1n) is 6.90. The van der Waals surface area contributed by atoms with Crippen LogP contribution in [0.15, 0.2) is 30.5 Å². The fourth-order valence-electron chi connectivity index (χ4n) is 2.60. The molecule has 0 amide bonds. The topological polar surface area (TPSA) is 24.9 Å². The molecular formula is C17H17ClN2S. The maximum Gasteiger partial charge on any atom is 0.0752 e. The van der Waals surface area contributed by atoms with E-state index in [2.05, 4.69) is 36.3 Å². The van der Waals surface area contributed by atoms with Crippen LogP contribution < -0.4 is 5.32 Å². The highest BCUT2D eigenvalue weighted by Gasteiger charge is 2.10. The molecule has 0 fully saturated rings. The van der Waals surface area contributed by atoms with E-state index in [9.17, 15) is 0 Å². The van der Waals surface area contributed by atoms with Gasteiger partial charge >= 0.3 is 0 Å². The number of benzene rings is 1. The van der Waals surface area contributed by atoms with Crippen molar-refractivity contribution in [3.05, 3.63) is 56.4 Å². The summed E-state index contributed by atoms with van der Waals surface area (Å²) in [5, 5.41) is 5.31. The zero-order valence-corrected chi connectivity index (χ0v) is 13.9. The van der Waals surface area contributed by atoms with Crippen molar-refractivity contribution < 1.29 is 0 Å². The quantitative estimate of drug-likeness (QED) is 0.691. The van der Waals surface area contributed by atoms with Crippen LogP contribution in [0.2, 0.25) is 5.02 Å². The lowest BCUT2D eigenvalue weighted by Gasteiger charge is -2.13. The van der Waals surface area contributed by atoms with Crippen LogP contribution in [0.25, 0.3) is 10.9 Å². The Bertz CT molecular complexity index is 808. The summed E-state index contributed by atoms with van der Waals surface area (Å²) >= 11 is 8.26. The van der Waals surface area contributed by atoms with Gasteiger partial charge in [0.25, 0.3) is 0 Å². The molecule has 0 atom stereocenters. The molecule has 0 saturated heterocycles. The molecular weight excluding hydrogens is 300 g/mol. The van der Waals surface area contributed by atoms with Gasteiger partial charge in [0.15, 0.2) is 0 Å². The van der Waals surface area contributed by atoms with Gasteiger partial charge in [0.1, 0.15) is 0 Å². The summed E-state index contributed by atoms with van der Waals surface area (Å²) in [4.78, 5) is 7.15. The van der Waals surface area contributed by atoms with Crippen molar-refractivity contribution in [2.45, 2.75) is 27.3 Å². The van der Waals surface area contributed by atoms with Crippen molar-refractivity contribution in [2.75, 3.05) is 5.32 Å². The van der Waals surface area contributed by atoms with Crippen molar-refractivity contribution >= 4 is 39.5 Å². The highest BCUT2D eigenvalue weighted by Crippen LogP contribution is 2.33. The van der Waals surface area contributed by atoms with Gasteiger partial charge in [-0.15, -0.1) is 11.3 Å². The second-order valence-electron chi connectivity index (χ2n) is 5.24. The first kappa shape index (κ1) is 14.4. The van der Waals surface area contributed by atoms with Crippen molar-refractivity contribution in [3.63, 3.8) is 0 Å². The van der Waals surface area contributed by atoms with Gasteiger partial charge in [-0.1, -0.05) is 11.6 Å². The van der Waals surface area contributed by atoms with Crippen LogP contribution in [-0.4, -0.2) is 4.98 Å². The van der Waals surface area contributed by atoms with E-state index in [4.69, 9.17) is 11.6 Å². The van der Waals surface area contributed by atoms with Gasteiger partial charge in [-0.2, -0.15) is 0 Å². The van der Waals surface area contributed by atoms with E-state index < -0.39 is 0 Å². The Morgan fingerprint density at radius 2 is 2.05 bits per heavy atom. The molecule has 3 aromatic rings. The summed E-state index contributed by atoms with van der Waals surface area (Å²) in [5.41, 5.74) is 4.39. The Balaban J connectivity index is 1.99. The van der Waals surface area contributed by atoms with E-state index in [0.29, 0.717) is 0 Å². The number of hydrogen-bond acceptors (Lipinski definition) is 3. The molecule has 21 heavy (non-hydrogen) atoms. The normalized spacial score (nSPS) is 11.0. The zero-order valence-electron chi connectivity index (χ0n) is 12.3. The molecule has 0 unspecified atom stereocenters. The monoisotopic (exact) mass is 316 g/mol. The van der Waals surface area contributed by atoms with Crippen LogP contribution in [-0.2, 0) is 6.54 Å². The molecule has 0 bridgehead atoms. The van der Waals surface area contributed by atoms with Crippen LogP contribution >= 0.6 is 22.9 Å². The van der Waals surface area contributed by atoms with Crippen molar-refractivity contribution in [1.82, 2.24) is 4.98 Å². The van der Waals surface area contributed by atoms with E-state index in [1.807, 2.05) is 36.6 Å². The highest BCUT2D eigenvalue weighted by molar-refractivity contribution is 7.12. The molecule has 0 saturated carbocycles. The summed E-state index contributed by atoms with van der Waals surface area (Å²) in [6.45, 7) is 7.12. The Morgan fingerprint density at radius 1 is 1.24 bits per heavy atom. The van der Waals surface area contributed by atoms with Crippen LogP contribution in [0.1, 0.15) is 20.9 Å². The molecule has 0 aliphatic carbocycles. The van der Waals surface area contributed by atoms with Gasteiger partial charge in [-0.3, -0.25) is 4.98 Å². The number of aryl methyl sites for hydroxylation is 3. The number of pyridine rings is 1. The minimum Gasteiger partial charge on any atom is -0.379 e. The maximum atomic E-state index is 6.43. The highest BCUT2D eigenvalue weighted by atomic mass is 35.5. The molecule has 0 spiro atoms. The summed E-state index contributed by atoms with van der Waals surface area (Å²) in [6.07, 6.45) is 1.82. The van der Waals surface area contributed by atoms with Crippen molar-refractivity contribution in [3.8, 4) is 0 Å². The number of thiophene rings is 1. The summed E-state index contributed by atoms with van der Waals surface area (Å²) in [7, 11) is 0. The zero-order chi connectivity index (χ0) is 15.0. The summed E-state index contributed by atoms with van der Waals surface area (Å²) in [6, 6.07) is 8.22. The fourth-order valence-corrected chi connectivity index (χ4v) is 3.88. The lowest BCUT2D eigenvalue weighted by atomic mass is 10.1. The fraction of sp³-hybridized carbons (Fsp3) is 0.235. The number of nitrogens with one attached hydrogen (secondary N) is 1. The van der Waals surface area contributed by atoms with Crippen LogP contribution in [0.4, 0.5) is 5.69 Å². The minimum atomic E-state index is 0.748. The van der Waals surface area contributed by atoms with Crippen LogP contribution in [0, 0.1) is 20.8 Å². The Kier molecular flexibility index (Phi) is 3.87. The third-order valence-corrected chi connectivity index (χ3v) is 4.94. The smallest absolute Gasteiger partial charge is 0.0752 e. The lowest BCUT2D eigenvalue weighted by Crippen LogP contribution is -2.01. The number of halogens is 1. The number of hydrogen-bond donors (Lipinski definition) is 1. The van der Waals surface area contributed by atoms with Crippen LogP contribution in [0.3, 0.4) is 0 Å². The Morgan fingerprint density at radius 3 is 2.76 bits per heavy atom. The van der Waals surface area contributed by atoms with E-state index in [-0.39, 0.29) is 0 Å². The van der Waals surface area contributed by atoms with Gasteiger partial charge in [-0.25, -0.2) is 0 Å². The molecule has 1 N–H and O–H groups in total. The van der Waals surface area contributed by atoms with Gasteiger partial charge in [0.2, 0.25) is 0 Å². The average molecular weight is 317 g/mol. The molecule has 1 aromatic carbocycles. The Hall–Kier alpha value is -1.58. The third kappa shape index (κ3) is 2.76. The van der Waals surface area contributed by atoms with E-state index in [1.54, 1.807) is 0 Å². The van der Waals surface area contributed by atoms with Crippen LogP contribution in [0.5, 0.6) is 0 Å². The molecule has 0 aliphatic rings. The SMILES string of the molecule is Cc1cc(CNc2c(Cl)cc(C)c3ncccc23)c(C)s1. The van der Waals surface area contributed by atoms with Gasteiger partial charge in [0.05, 0.1) is 16.2 Å². The number of rotatable bonds is 3. The van der Waals surface area contributed by atoms with E-state index >= 15 is 0 Å². The second-order valence-corrected chi connectivity index (χ2v) is 7.11. The van der Waals surface area contributed by atoms with E-state index in [0.717, 1.165) is 33.7 Å². The molecule has 108 valence electrons. The average Bonchev–Trinajstić information content (AvgIpc) is 2.77. The maximum absolute atomic E-state index is 6.43. The predicted octanol–water partition coefficient (Wildman–Crippen LogP) is 5.49. The largest absolute Gasteiger partial charge is 0.379 e. The molecule has 2 aromatic heterocycles. The standard InChI is InChI=1S/C17H17ClN2S/c1-10-7-15(18)17(14-5-4-6-19-16(10)14)20-9-13-8-11(2)21-12(13)3/h4-8,20H,9H2,1-3H3. The molecule has 2 nitrogen and oxygen atoms in total.